The maximum Gasteiger partial charge on any atom is 0.222 e. The molecule has 7 heteroatoms. The summed E-state index contributed by atoms with van der Waals surface area (Å²) in [5.74, 6) is 1.14. The highest BCUT2D eigenvalue weighted by Gasteiger charge is 2.28. The van der Waals surface area contributed by atoms with E-state index < -0.39 is 0 Å². The van der Waals surface area contributed by atoms with Crippen LogP contribution in [0.5, 0.6) is 0 Å². The van der Waals surface area contributed by atoms with Gasteiger partial charge < -0.3 is 5.32 Å². The average Bonchev–Trinajstić information content (AvgIpc) is 3.18. The van der Waals surface area contributed by atoms with Gasteiger partial charge in [-0.2, -0.15) is 5.10 Å². The van der Waals surface area contributed by atoms with Gasteiger partial charge in [0.25, 0.3) is 0 Å². The molecular formula is C18H26N6O. The number of anilines is 1. The van der Waals surface area contributed by atoms with Crippen molar-refractivity contribution in [3.63, 3.8) is 0 Å². The first kappa shape index (κ1) is 17.5. The summed E-state index contributed by atoms with van der Waals surface area (Å²) in [6, 6.07) is 2.13. The number of aromatic amines is 1. The molecule has 134 valence electrons. The van der Waals surface area contributed by atoms with Gasteiger partial charge in [-0.15, -0.1) is 0 Å². The zero-order chi connectivity index (χ0) is 18.0. The summed E-state index contributed by atoms with van der Waals surface area (Å²) in [6.07, 6.45) is 3.98. The molecule has 0 aliphatic carbocycles. The topological polar surface area (TPSA) is 86.8 Å². The van der Waals surface area contributed by atoms with Crippen LogP contribution in [0, 0.1) is 19.8 Å². The second kappa shape index (κ2) is 7.31. The van der Waals surface area contributed by atoms with Crippen LogP contribution in [0.2, 0.25) is 0 Å². The minimum atomic E-state index is -0.0985. The molecule has 0 aromatic carbocycles. The first-order valence-electron chi connectivity index (χ1n) is 8.78. The van der Waals surface area contributed by atoms with E-state index >= 15 is 0 Å². The van der Waals surface area contributed by atoms with E-state index in [1.807, 2.05) is 26.1 Å². The van der Waals surface area contributed by atoms with Gasteiger partial charge in [-0.05, 0) is 46.1 Å². The van der Waals surface area contributed by atoms with Crippen molar-refractivity contribution in [2.75, 3.05) is 18.4 Å². The average molecular weight is 342 g/mol. The van der Waals surface area contributed by atoms with Gasteiger partial charge in [0.15, 0.2) is 0 Å². The molecule has 0 radical (unpaired) electrons. The number of aryl methyl sites for hydroxylation is 2. The Kier molecular flexibility index (Phi) is 5.13. The quantitative estimate of drug-likeness (QED) is 0.871. The van der Waals surface area contributed by atoms with Crippen LogP contribution in [0.15, 0.2) is 12.3 Å². The van der Waals surface area contributed by atoms with Crippen LogP contribution in [0.1, 0.15) is 49.1 Å². The lowest BCUT2D eigenvalue weighted by atomic mass is 10.0. The third-order valence-electron chi connectivity index (χ3n) is 4.85. The summed E-state index contributed by atoms with van der Waals surface area (Å²) in [7, 11) is 0. The first-order chi connectivity index (χ1) is 11.9. The molecule has 7 nitrogen and oxygen atoms in total. The van der Waals surface area contributed by atoms with E-state index in [0.717, 1.165) is 48.7 Å². The summed E-state index contributed by atoms with van der Waals surface area (Å²) in [5.41, 5.74) is 4.07. The highest BCUT2D eigenvalue weighted by Crippen LogP contribution is 2.29. The van der Waals surface area contributed by atoms with E-state index in [2.05, 4.69) is 37.3 Å². The van der Waals surface area contributed by atoms with Crippen LogP contribution in [0.3, 0.4) is 0 Å². The van der Waals surface area contributed by atoms with Crippen LogP contribution < -0.4 is 5.32 Å². The van der Waals surface area contributed by atoms with Crippen LogP contribution in [0.4, 0.5) is 5.82 Å². The fourth-order valence-corrected chi connectivity index (χ4v) is 3.47. The summed E-state index contributed by atoms with van der Waals surface area (Å²) >= 11 is 0. The Morgan fingerprint density at radius 1 is 1.48 bits per heavy atom. The largest absolute Gasteiger partial charge is 0.311 e. The molecule has 1 amide bonds. The molecule has 0 saturated carbocycles. The van der Waals surface area contributed by atoms with Gasteiger partial charge in [-0.1, -0.05) is 0 Å². The number of nitrogens with zero attached hydrogens (tertiary/aromatic N) is 4. The SMILES string of the molecule is CC(=O)Nc1cc(C(C)N2CC[C@H](Cc3ncc(C)nc3C)C2)n[nH]1. The van der Waals surface area contributed by atoms with E-state index in [1.54, 1.807) is 0 Å². The van der Waals surface area contributed by atoms with Crippen LogP contribution in [-0.2, 0) is 11.2 Å². The molecule has 3 heterocycles. The molecule has 1 aliphatic rings. The lowest BCUT2D eigenvalue weighted by molar-refractivity contribution is -0.114. The molecule has 1 fully saturated rings. The van der Waals surface area contributed by atoms with Gasteiger partial charge in [0.1, 0.15) is 5.82 Å². The number of likely N-dealkylation sites (tertiary alicyclic amines) is 1. The number of nitrogens with one attached hydrogen (secondary N) is 2. The predicted molar refractivity (Wildman–Crippen MR) is 96.2 cm³/mol. The van der Waals surface area contributed by atoms with E-state index in [1.165, 1.54) is 6.92 Å². The second-order valence-corrected chi connectivity index (χ2v) is 6.96. The van der Waals surface area contributed by atoms with Crippen molar-refractivity contribution in [2.24, 2.45) is 5.92 Å². The van der Waals surface area contributed by atoms with Crippen molar-refractivity contribution in [1.29, 1.82) is 0 Å². The second-order valence-electron chi connectivity index (χ2n) is 6.96. The Bertz CT molecular complexity index is 756. The molecule has 25 heavy (non-hydrogen) atoms. The van der Waals surface area contributed by atoms with Crippen LogP contribution >= 0.6 is 0 Å². The predicted octanol–water partition coefficient (Wildman–Crippen LogP) is 2.40. The molecule has 2 N–H and O–H groups in total. The van der Waals surface area contributed by atoms with E-state index in [-0.39, 0.29) is 11.9 Å². The highest BCUT2D eigenvalue weighted by molar-refractivity contribution is 5.87. The maximum absolute atomic E-state index is 11.1. The van der Waals surface area contributed by atoms with Crippen molar-refractivity contribution in [3.05, 3.63) is 35.0 Å². The number of hydrogen-bond donors (Lipinski definition) is 2. The van der Waals surface area contributed by atoms with Gasteiger partial charge >= 0.3 is 0 Å². The lowest BCUT2D eigenvalue weighted by Crippen LogP contribution is -2.25. The number of aromatic nitrogens is 4. The van der Waals surface area contributed by atoms with E-state index in [9.17, 15) is 4.79 Å². The maximum atomic E-state index is 11.1. The Hall–Kier alpha value is -2.28. The van der Waals surface area contributed by atoms with Crippen molar-refractivity contribution in [1.82, 2.24) is 25.1 Å². The Labute approximate surface area is 148 Å². The molecule has 0 spiro atoms. The van der Waals surface area contributed by atoms with Crippen molar-refractivity contribution >= 4 is 11.7 Å². The van der Waals surface area contributed by atoms with Gasteiger partial charge in [0.05, 0.1) is 28.8 Å². The van der Waals surface area contributed by atoms with Crippen LogP contribution in [-0.4, -0.2) is 44.1 Å². The fraction of sp³-hybridized carbons (Fsp3) is 0.556. The number of carbonyl (C=O) groups is 1. The number of carbonyl (C=O) groups excluding carboxylic acids is 1. The molecule has 0 bridgehead atoms. The fourth-order valence-electron chi connectivity index (χ4n) is 3.47. The smallest absolute Gasteiger partial charge is 0.222 e. The molecule has 1 saturated heterocycles. The third kappa shape index (κ3) is 4.22. The Morgan fingerprint density at radius 3 is 3.00 bits per heavy atom. The molecule has 2 aromatic heterocycles. The third-order valence-corrected chi connectivity index (χ3v) is 4.85. The van der Waals surface area contributed by atoms with Crippen molar-refractivity contribution in [3.8, 4) is 0 Å². The molecule has 1 aliphatic heterocycles. The zero-order valence-corrected chi connectivity index (χ0v) is 15.3. The number of hydrogen-bond acceptors (Lipinski definition) is 5. The number of H-pyrrole nitrogens is 1. The van der Waals surface area contributed by atoms with Crippen molar-refractivity contribution in [2.45, 2.75) is 46.6 Å². The molecule has 2 aromatic rings. The van der Waals surface area contributed by atoms with Gasteiger partial charge in [-0.25, -0.2) is 0 Å². The van der Waals surface area contributed by atoms with Gasteiger partial charge in [0, 0.05) is 25.7 Å². The van der Waals surface area contributed by atoms with E-state index in [0.29, 0.717) is 11.7 Å². The van der Waals surface area contributed by atoms with Gasteiger partial charge in [0.2, 0.25) is 5.91 Å². The molecule has 2 atom stereocenters. The highest BCUT2D eigenvalue weighted by atomic mass is 16.1. The lowest BCUT2D eigenvalue weighted by Gasteiger charge is -2.22. The normalized spacial score (nSPS) is 19.1. The summed E-state index contributed by atoms with van der Waals surface area (Å²) in [5, 5.41) is 9.95. The Balaban J connectivity index is 1.60. The summed E-state index contributed by atoms with van der Waals surface area (Å²) in [4.78, 5) is 22.7. The van der Waals surface area contributed by atoms with E-state index in [4.69, 9.17) is 0 Å². The van der Waals surface area contributed by atoms with Gasteiger partial charge in [-0.3, -0.25) is 24.8 Å². The molecule has 1 unspecified atom stereocenters. The molecule has 3 rings (SSSR count). The monoisotopic (exact) mass is 342 g/mol. The van der Waals surface area contributed by atoms with Crippen molar-refractivity contribution < 1.29 is 4.79 Å². The standard InChI is InChI=1S/C18H26N6O/c1-11-9-19-16(12(2)20-11)7-15-5-6-24(10-15)13(3)17-8-18(23-22-17)21-14(4)25/h8-9,13,15H,5-7,10H2,1-4H3,(H2,21,22,23,25)/t13?,15-/m1/s1. The number of rotatable bonds is 5. The Morgan fingerprint density at radius 2 is 2.28 bits per heavy atom. The number of amides is 1. The zero-order valence-electron chi connectivity index (χ0n) is 15.3. The van der Waals surface area contributed by atoms with Crippen LogP contribution in [0.25, 0.3) is 0 Å². The molecular weight excluding hydrogens is 316 g/mol. The minimum absolute atomic E-state index is 0.0985. The first-order valence-corrected chi connectivity index (χ1v) is 8.78. The summed E-state index contributed by atoms with van der Waals surface area (Å²) < 4.78 is 0. The minimum Gasteiger partial charge on any atom is -0.311 e. The summed E-state index contributed by atoms with van der Waals surface area (Å²) in [6.45, 7) is 9.74.